The van der Waals surface area contributed by atoms with Crippen molar-refractivity contribution in [2.45, 2.75) is 32.1 Å². The second kappa shape index (κ2) is 9.48. The van der Waals surface area contributed by atoms with Gasteiger partial charge in [-0.2, -0.15) is 0 Å². The fourth-order valence-electron chi connectivity index (χ4n) is 2.51. The zero-order valence-electron chi connectivity index (χ0n) is 14.2. The number of thioether (sulfide) groups is 1. The zero-order chi connectivity index (χ0) is 17.4. The molecule has 0 aliphatic rings. The molecule has 0 aromatic heterocycles. The van der Waals surface area contributed by atoms with Crippen LogP contribution in [-0.2, 0) is 10.5 Å². The molecule has 0 spiro atoms. The van der Waals surface area contributed by atoms with E-state index in [9.17, 15) is 9.18 Å². The number of halogens is 1. The highest BCUT2D eigenvalue weighted by Crippen LogP contribution is 2.21. The fourth-order valence-corrected chi connectivity index (χ4v) is 3.31. The Hall–Kier alpha value is -1.81. The normalized spacial score (nSPS) is 12.2. The van der Waals surface area contributed by atoms with Crippen LogP contribution < -0.4 is 5.32 Å². The van der Waals surface area contributed by atoms with Crippen LogP contribution in [0, 0.1) is 11.7 Å². The second-order valence-electron chi connectivity index (χ2n) is 6.28. The number of carbonyl (C=O) groups excluding carboxylic acids is 1. The third kappa shape index (κ3) is 6.36. The molecular weight excluding hydrogens is 321 g/mol. The van der Waals surface area contributed by atoms with Crippen LogP contribution in [0.3, 0.4) is 0 Å². The molecule has 4 heteroatoms. The summed E-state index contributed by atoms with van der Waals surface area (Å²) in [6, 6.07) is 16.5. The van der Waals surface area contributed by atoms with E-state index in [1.165, 1.54) is 12.1 Å². The first-order chi connectivity index (χ1) is 11.5. The van der Waals surface area contributed by atoms with Gasteiger partial charge in [-0.3, -0.25) is 4.79 Å². The average molecular weight is 345 g/mol. The summed E-state index contributed by atoms with van der Waals surface area (Å²) in [5.41, 5.74) is 2.17. The number of rotatable bonds is 8. The summed E-state index contributed by atoms with van der Waals surface area (Å²) in [7, 11) is 0. The van der Waals surface area contributed by atoms with Crippen molar-refractivity contribution in [3.05, 3.63) is 71.5 Å². The molecule has 0 saturated carbocycles. The molecule has 0 bridgehead atoms. The zero-order valence-corrected chi connectivity index (χ0v) is 15.0. The average Bonchev–Trinajstić information content (AvgIpc) is 2.56. The molecule has 0 aliphatic carbocycles. The summed E-state index contributed by atoms with van der Waals surface area (Å²) in [5, 5.41) is 3.14. The predicted octanol–water partition coefficient (Wildman–Crippen LogP) is 4.96. The van der Waals surface area contributed by atoms with E-state index < -0.39 is 0 Å². The molecule has 128 valence electrons. The second-order valence-corrected chi connectivity index (χ2v) is 7.27. The lowest BCUT2D eigenvalue weighted by atomic mass is 9.97. The fraction of sp³-hybridized carbons (Fsp3) is 0.350. The maximum atomic E-state index is 12.9. The van der Waals surface area contributed by atoms with Crippen LogP contribution in [0.1, 0.15) is 37.4 Å². The topological polar surface area (TPSA) is 29.1 Å². The minimum absolute atomic E-state index is 0.0385. The van der Waals surface area contributed by atoms with Gasteiger partial charge in [-0.05, 0) is 35.6 Å². The summed E-state index contributed by atoms with van der Waals surface area (Å²) in [5.74, 6) is 1.41. The van der Waals surface area contributed by atoms with E-state index in [0.717, 1.165) is 17.5 Å². The van der Waals surface area contributed by atoms with Gasteiger partial charge in [0.2, 0.25) is 5.91 Å². The van der Waals surface area contributed by atoms with Gasteiger partial charge in [-0.15, -0.1) is 11.8 Å². The minimum Gasteiger partial charge on any atom is -0.349 e. The number of hydrogen-bond donors (Lipinski definition) is 1. The highest BCUT2D eigenvalue weighted by Gasteiger charge is 2.15. The van der Waals surface area contributed by atoms with E-state index in [4.69, 9.17) is 0 Å². The van der Waals surface area contributed by atoms with Crippen molar-refractivity contribution in [2.24, 2.45) is 5.92 Å². The Morgan fingerprint density at radius 2 is 1.75 bits per heavy atom. The molecule has 0 heterocycles. The number of hydrogen-bond acceptors (Lipinski definition) is 2. The lowest BCUT2D eigenvalue weighted by Gasteiger charge is -2.21. The smallest absolute Gasteiger partial charge is 0.230 e. The monoisotopic (exact) mass is 345 g/mol. The molecule has 0 radical (unpaired) electrons. The summed E-state index contributed by atoms with van der Waals surface area (Å²) in [4.78, 5) is 12.3. The van der Waals surface area contributed by atoms with Gasteiger partial charge in [-0.1, -0.05) is 56.3 Å². The first-order valence-corrected chi connectivity index (χ1v) is 9.36. The first kappa shape index (κ1) is 18.5. The lowest BCUT2D eigenvalue weighted by molar-refractivity contribution is -0.119. The molecule has 2 rings (SSSR count). The van der Waals surface area contributed by atoms with Crippen molar-refractivity contribution in [3.8, 4) is 0 Å². The SMILES string of the molecule is CC(C)C[C@H](NC(=O)CSCc1ccc(F)cc1)c1ccccc1. The van der Waals surface area contributed by atoms with Gasteiger partial charge < -0.3 is 5.32 Å². The van der Waals surface area contributed by atoms with Gasteiger partial charge in [0.05, 0.1) is 11.8 Å². The van der Waals surface area contributed by atoms with Gasteiger partial charge in [0, 0.05) is 5.75 Å². The van der Waals surface area contributed by atoms with Crippen LogP contribution in [0.4, 0.5) is 4.39 Å². The molecule has 1 N–H and O–H groups in total. The molecular formula is C20H24FNOS. The Kier molecular flexibility index (Phi) is 7.32. The third-order valence-electron chi connectivity index (χ3n) is 3.66. The van der Waals surface area contributed by atoms with Crippen molar-refractivity contribution in [1.29, 1.82) is 0 Å². The molecule has 0 aliphatic heterocycles. The number of carbonyl (C=O) groups is 1. The predicted molar refractivity (Wildman–Crippen MR) is 99.3 cm³/mol. The van der Waals surface area contributed by atoms with E-state index >= 15 is 0 Å². The molecule has 2 aromatic carbocycles. The van der Waals surface area contributed by atoms with Crippen LogP contribution >= 0.6 is 11.8 Å². The third-order valence-corrected chi connectivity index (χ3v) is 4.66. The Morgan fingerprint density at radius 1 is 1.08 bits per heavy atom. The summed E-state index contributed by atoms with van der Waals surface area (Å²) in [6.07, 6.45) is 0.915. The van der Waals surface area contributed by atoms with Crippen LogP contribution in [0.5, 0.6) is 0 Å². The van der Waals surface area contributed by atoms with Crippen molar-refractivity contribution < 1.29 is 9.18 Å². The molecule has 2 nitrogen and oxygen atoms in total. The summed E-state index contributed by atoms with van der Waals surface area (Å²) >= 11 is 1.54. The molecule has 1 atom stereocenters. The van der Waals surface area contributed by atoms with Crippen molar-refractivity contribution in [2.75, 3.05) is 5.75 Å². The van der Waals surface area contributed by atoms with Crippen molar-refractivity contribution >= 4 is 17.7 Å². The highest BCUT2D eigenvalue weighted by atomic mass is 32.2. The molecule has 1 amide bonds. The van der Waals surface area contributed by atoms with Crippen LogP contribution in [-0.4, -0.2) is 11.7 Å². The Morgan fingerprint density at radius 3 is 2.38 bits per heavy atom. The van der Waals surface area contributed by atoms with Gasteiger partial charge in [0.25, 0.3) is 0 Å². The minimum atomic E-state index is -0.235. The number of amides is 1. The van der Waals surface area contributed by atoms with E-state index in [0.29, 0.717) is 17.4 Å². The Balaban J connectivity index is 1.85. The standard InChI is InChI=1S/C20H24FNOS/c1-15(2)12-19(17-6-4-3-5-7-17)22-20(23)14-24-13-16-8-10-18(21)11-9-16/h3-11,15,19H,12-14H2,1-2H3,(H,22,23)/t19-/m0/s1. The van der Waals surface area contributed by atoms with Crippen LogP contribution in [0.25, 0.3) is 0 Å². The number of nitrogens with one attached hydrogen (secondary N) is 1. The van der Waals surface area contributed by atoms with Crippen molar-refractivity contribution in [3.63, 3.8) is 0 Å². The Labute approximate surface area is 147 Å². The summed E-state index contributed by atoms with van der Waals surface area (Å²) < 4.78 is 12.9. The largest absolute Gasteiger partial charge is 0.349 e. The maximum absolute atomic E-state index is 12.9. The van der Waals surface area contributed by atoms with Crippen LogP contribution in [0.2, 0.25) is 0 Å². The Bertz CT molecular complexity index is 628. The van der Waals surface area contributed by atoms with Gasteiger partial charge in [-0.25, -0.2) is 4.39 Å². The summed E-state index contributed by atoms with van der Waals surface area (Å²) in [6.45, 7) is 4.32. The molecule has 2 aromatic rings. The number of benzene rings is 2. The maximum Gasteiger partial charge on any atom is 0.230 e. The molecule has 0 unspecified atom stereocenters. The highest BCUT2D eigenvalue weighted by molar-refractivity contribution is 7.99. The molecule has 0 saturated heterocycles. The molecule has 0 fully saturated rings. The van der Waals surface area contributed by atoms with Gasteiger partial charge in [0.15, 0.2) is 0 Å². The molecule has 24 heavy (non-hydrogen) atoms. The van der Waals surface area contributed by atoms with E-state index in [1.54, 1.807) is 23.9 Å². The van der Waals surface area contributed by atoms with Gasteiger partial charge >= 0.3 is 0 Å². The van der Waals surface area contributed by atoms with E-state index in [-0.39, 0.29) is 17.8 Å². The lowest BCUT2D eigenvalue weighted by Crippen LogP contribution is -2.30. The quantitative estimate of drug-likeness (QED) is 0.732. The van der Waals surface area contributed by atoms with Gasteiger partial charge in [0.1, 0.15) is 5.82 Å². The van der Waals surface area contributed by atoms with Crippen molar-refractivity contribution in [1.82, 2.24) is 5.32 Å². The van der Waals surface area contributed by atoms with Crippen LogP contribution in [0.15, 0.2) is 54.6 Å². The van der Waals surface area contributed by atoms with E-state index in [1.807, 2.05) is 18.2 Å². The van der Waals surface area contributed by atoms with E-state index in [2.05, 4.69) is 31.3 Å². The first-order valence-electron chi connectivity index (χ1n) is 8.21.